The molecule has 4 nitrogen and oxygen atoms in total. The Hall–Kier alpha value is -2.33. The van der Waals surface area contributed by atoms with Crippen LogP contribution in [0.25, 0.3) is 21.7 Å². The molecule has 2 aromatic carbocycles. The van der Waals surface area contributed by atoms with Gasteiger partial charge in [0.25, 0.3) is 5.91 Å². The molecule has 0 bridgehead atoms. The lowest BCUT2D eigenvalue weighted by Crippen LogP contribution is -2.27. The number of carbonyl (C=O) groups excluding carboxylic acids is 1. The first-order chi connectivity index (χ1) is 10.2. The molecule has 0 atom stereocenters. The van der Waals surface area contributed by atoms with Gasteiger partial charge in [-0.2, -0.15) is 0 Å². The Labute approximate surface area is 122 Å². The van der Waals surface area contributed by atoms with Gasteiger partial charge in [0, 0.05) is 30.0 Å². The van der Waals surface area contributed by atoms with Gasteiger partial charge in [0.2, 0.25) is 0 Å². The van der Waals surface area contributed by atoms with Gasteiger partial charge in [0.05, 0.1) is 6.61 Å². The van der Waals surface area contributed by atoms with Gasteiger partial charge in [-0.15, -0.1) is 0 Å². The molecule has 108 valence electrons. The van der Waals surface area contributed by atoms with Gasteiger partial charge < -0.3 is 14.5 Å². The van der Waals surface area contributed by atoms with E-state index in [2.05, 4.69) is 5.32 Å². The van der Waals surface area contributed by atoms with Crippen molar-refractivity contribution in [3.05, 3.63) is 47.7 Å². The van der Waals surface area contributed by atoms with Crippen LogP contribution in [0.3, 0.4) is 0 Å². The summed E-state index contributed by atoms with van der Waals surface area (Å²) in [6, 6.07) is 12.0. The van der Waals surface area contributed by atoms with Crippen molar-refractivity contribution in [2.45, 2.75) is 6.92 Å². The molecule has 0 aliphatic heterocycles. The van der Waals surface area contributed by atoms with E-state index in [9.17, 15) is 4.79 Å². The highest BCUT2D eigenvalue weighted by atomic mass is 16.5. The Bertz CT molecular complexity index is 804. The summed E-state index contributed by atoms with van der Waals surface area (Å²) in [6.45, 7) is 2.85. The van der Waals surface area contributed by atoms with E-state index in [-0.39, 0.29) is 5.91 Å². The van der Waals surface area contributed by atoms with Crippen LogP contribution < -0.4 is 5.32 Å². The zero-order chi connectivity index (χ0) is 14.8. The number of methoxy groups -OCH3 is 1. The average Bonchev–Trinajstić information content (AvgIpc) is 2.85. The van der Waals surface area contributed by atoms with Crippen LogP contribution in [-0.4, -0.2) is 26.2 Å². The molecule has 0 spiro atoms. The monoisotopic (exact) mass is 283 g/mol. The number of carbonyl (C=O) groups is 1. The van der Waals surface area contributed by atoms with Crippen molar-refractivity contribution in [3.63, 3.8) is 0 Å². The molecule has 0 radical (unpaired) electrons. The highest BCUT2D eigenvalue weighted by Crippen LogP contribution is 2.31. The van der Waals surface area contributed by atoms with E-state index in [1.54, 1.807) is 7.11 Å². The van der Waals surface area contributed by atoms with Crippen LogP contribution in [0.2, 0.25) is 0 Å². The zero-order valence-corrected chi connectivity index (χ0v) is 12.1. The van der Waals surface area contributed by atoms with E-state index in [0.717, 1.165) is 27.3 Å². The quantitative estimate of drug-likeness (QED) is 0.748. The zero-order valence-electron chi connectivity index (χ0n) is 12.1. The number of hydrogen-bond donors (Lipinski definition) is 1. The Kier molecular flexibility index (Phi) is 3.62. The standard InChI is InChI=1S/C17H17NO3/c1-11-13-8-7-12-5-3-4-6-14(12)16(13)21-15(11)17(19)18-9-10-20-2/h3-8H,9-10H2,1-2H3,(H,18,19). The molecule has 4 heteroatoms. The Morgan fingerprint density at radius 3 is 2.81 bits per heavy atom. The minimum absolute atomic E-state index is 0.204. The summed E-state index contributed by atoms with van der Waals surface area (Å²) in [5.74, 6) is 0.169. The van der Waals surface area contributed by atoms with Crippen LogP contribution in [-0.2, 0) is 4.74 Å². The summed E-state index contributed by atoms with van der Waals surface area (Å²) in [7, 11) is 1.60. The molecular weight excluding hydrogens is 266 g/mol. The van der Waals surface area contributed by atoms with Crippen molar-refractivity contribution in [2.75, 3.05) is 20.3 Å². The van der Waals surface area contributed by atoms with Gasteiger partial charge in [-0.3, -0.25) is 4.79 Å². The number of ether oxygens (including phenoxy) is 1. The minimum atomic E-state index is -0.204. The molecule has 1 amide bonds. The van der Waals surface area contributed by atoms with E-state index < -0.39 is 0 Å². The van der Waals surface area contributed by atoms with Gasteiger partial charge in [-0.1, -0.05) is 36.4 Å². The number of hydrogen-bond acceptors (Lipinski definition) is 3. The van der Waals surface area contributed by atoms with Crippen molar-refractivity contribution in [3.8, 4) is 0 Å². The maximum absolute atomic E-state index is 12.2. The second-order valence-electron chi connectivity index (χ2n) is 4.97. The predicted molar refractivity (Wildman–Crippen MR) is 82.7 cm³/mol. The molecule has 1 heterocycles. The fourth-order valence-electron chi connectivity index (χ4n) is 2.51. The first-order valence-corrected chi connectivity index (χ1v) is 6.90. The fraction of sp³-hybridized carbons (Fsp3) is 0.235. The molecule has 3 rings (SSSR count). The van der Waals surface area contributed by atoms with E-state index in [4.69, 9.17) is 9.15 Å². The molecule has 1 aromatic heterocycles. The summed E-state index contributed by atoms with van der Waals surface area (Å²) >= 11 is 0. The summed E-state index contributed by atoms with van der Waals surface area (Å²) in [5, 5.41) is 5.89. The lowest BCUT2D eigenvalue weighted by atomic mass is 10.1. The Morgan fingerprint density at radius 1 is 1.19 bits per heavy atom. The topological polar surface area (TPSA) is 51.5 Å². The van der Waals surface area contributed by atoms with Crippen molar-refractivity contribution in [1.29, 1.82) is 0 Å². The molecule has 0 aliphatic rings. The molecule has 0 saturated carbocycles. The van der Waals surface area contributed by atoms with Crippen molar-refractivity contribution < 1.29 is 13.9 Å². The van der Waals surface area contributed by atoms with Crippen LogP contribution in [0.4, 0.5) is 0 Å². The van der Waals surface area contributed by atoms with Crippen molar-refractivity contribution in [2.24, 2.45) is 0 Å². The summed E-state index contributed by atoms with van der Waals surface area (Å²) in [5.41, 5.74) is 1.63. The maximum Gasteiger partial charge on any atom is 0.287 e. The van der Waals surface area contributed by atoms with Crippen LogP contribution >= 0.6 is 0 Å². The number of fused-ring (bicyclic) bond motifs is 3. The fourth-order valence-corrected chi connectivity index (χ4v) is 2.51. The van der Waals surface area contributed by atoms with Crippen LogP contribution in [0.15, 0.2) is 40.8 Å². The molecular formula is C17H17NO3. The Morgan fingerprint density at radius 2 is 2.00 bits per heavy atom. The van der Waals surface area contributed by atoms with Crippen LogP contribution in [0, 0.1) is 6.92 Å². The summed E-state index contributed by atoms with van der Waals surface area (Å²) in [4.78, 5) is 12.2. The number of aryl methyl sites for hydroxylation is 1. The largest absolute Gasteiger partial charge is 0.450 e. The van der Waals surface area contributed by atoms with Crippen molar-refractivity contribution >= 4 is 27.6 Å². The number of rotatable bonds is 4. The van der Waals surface area contributed by atoms with E-state index in [1.807, 2.05) is 43.3 Å². The minimum Gasteiger partial charge on any atom is -0.450 e. The van der Waals surface area contributed by atoms with E-state index in [0.29, 0.717) is 18.9 Å². The number of furan rings is 1. The molecule has 0 unspecified atom stereocenters. The van der Waals surface area contributed by atoms with Crippen molar-refractivity contribution in [1.82, 2.24) is 5.32 Å². The smallest absolute Gasteiger partial charge is 0.287 e. The predicted octanol–water partition coefficient (Wildman–Crippen LogP) is 3.27. The molecule has 21 heavy (non-hydrogen) atoms. The molecule has 3 aromatic rings. The third-order valence-electron chi connectivity index (χ3n) is 3.63. The third kappa shape index (κ3) is 2.38. The van der Waals surface area contributed by atoms with Crippen LogP contribution in [0.1, 0.15) is 16.1 Å². The summed E-state index contributed by atoms with van der Waals surface area (Å²) < 4.78 is 10.8. The molecule has 1 N–H and O–H groups in total. The van der Waals surface area contributed by atoms with Gasteiger partial charge in [0.1, 0.15) is 5.58 Å². The van der Waals surface area contributed by atoms with Gasteiger partial charge in [0.15, 0.2) is 5.76 Å². The lowest BCUT2D eigenvalue weighted by molar-refractivity contribution is 0.0911. The van der Waals surface area contributed by atoms with Crippen LogP contribution in [0.5, 0.6) is 0 Å². The Balaban J connectivity index is 2.06. The molecule has 0 aliphatic carbocycles. The second-order valence-corrected chi connectivity index (χ2v) is 4.97. The maximum atomic E-state index is 12.2. The van der Waals surface area contributed by atoms with Gasteiger partial charge in [-0.25, -0.2) is 0 Å². The number of amides is 1. The third-order valence-corrected chi connectivity index (χ3v) is 3.63. The van der Waals surface area contributed by atoms with E-state index >= 15 is 0 Å². The second kappa shape index (κ2) is 5.58. The molecule has 0 saturated heterocycles. The SMILES string of the molecule is COCCNC(=O)c1oc2c(ccc3ccccc32)c1C. The summed E-state index contributed by atoms with van der Waals surface area (Å²) in [6.07, 6.45) is 0. The first kappa shape index (κ1) is 13.6. The first-order valence-electron chi connectivity index (χ1n) is 6.90. The normalized spacial score (nSPS) is 11.1. The molecule has 0 fully saturated rings. The average molecular weight is 283 g/mol. The number of benzene rings is 2. The van der Waals surface area contributed by atoms with Gasteiger partial charge in [-0.05, 0) is 12.3 Å². The lowest BCUT2D eigenvalue weighted by Gasteiger charge is -2.02. The highest BCUT2D eigenvalue weighted by Gasteiger charge is 2.18. The van der Waals surface area contributed by atoms with Gasteiger partial charge >= 0.3 is 0 Å². The van der Waals surface area contributed by atoms with E-state index in [1.165, 1.54) is 0 Å². The number of nitrogens with one attached hydrogen (secondary N) is 1. The highest BCUT2D eigenvalue weighted by molar-refractivity contribution is 6.08.